The Kier molecular flexibility index (Phi) is 5.02. The van der Waals surface area contributed by atoms with E-state index in [-0.39, 0.29) is 24.8 Å². The van der Waals surface area contributed by atoms with E-state index >= 15 is 0 Å². The van der Waals surface area contributed by atoms with Crippen molar-refractivity contribution >= 4 is 28.5 Å². The van der Waals surface area contributed by atoms with Crippen molar-refractivity contribution in [3.8, 4) is 11.3 Å². The van der Waals surface area contributed by atoms with Crippen LogP contribution >= 0.6 is 0 Å². The molecule has 0 unspecified atom stereocenters. The maximum absolute atomic E-state index is 12.3. The molecule has 0 saturated carbocycles. The highest BCUT2D eigenvalue weighted by Gasteiger charge is 2.14. The number of amides is 2. The Bertz CT molecular complexity index is 1160. The average Bonchev–Trinajstić information content (AvgIpc) is 3.32. The van der Waals surface area contributed by atoms with Crippen molar-refractivity contribution in [3.05, 3.63) is 60.6 Å². The van der Waals surface area contributed by atoms with E-state index in [0.717, 1.165) is 22.2 Å². The summed E-state index contributed by atoms with van der Waals surface area (Å²) in [5, 5.41) is 17.6. The maximum atomic E-state index is 12.3. The summed E-state index contributed by atoms with van der Waals surface area (Å²) in [7, 11) is 1.75. The summed E-state index contributed by atoms with van der Waals surface area (Å²) in [5.41, 5.74) is 2.75. The Hall–Kier alpha value is -4.01. The third kappa shape index (κ3) is 3.98. The normalized spacial score (nSPS) is 10.8. The zero-order chi connectivity index (χ0) is 20.2. The van der Waals surface area contributed by atoms with E-state index < -0.39 is 0 Å². The van der Waals surface area contributed by atoms with Crippen molar-refractivity contribution in [2.45, 2.75) is 6.42 Å². The zero-order valence-corrected chi connectivity index (χ0v) is 15.7. The summed E-state index contributed by atoms with van der Waals surface area (Å²) in [6, 6.07) is 12.9. The van der Waals surface area contributed by atoms with Gasteiger partial charge in [0.1, 0.15) is 5.82 Å². The predicted octanol–water partition coefficient (Wildman–Crippen LogP) is 2.12. The number of benzene rings is 1. The van der Waals surface area contributed by atoms with Crippen LogP contribution in [-0.4, -0.2) is 43.3 Å². The number of rotatable bonds is 6. The van der Waals surface area contributed by atoms with Gasteiger partial charge in [-0.25, -0.2) is 0 Å². The summed E-state index contributed by atoms with van der Waals surface area (Å²) < 4.78 is 1.60. The fraction of sp³-hybridized carbons (Fsp3) is 0.150. The first-order valence-corrected chi connectivity index (χ1v) is 9.07. The number of para-hydroxylation sites is 1. The number of carbonyl (C=O) groups is 2. The molecule has 0 fully saturated rings. The van der Waals surface area contributed by atoms with E-state index in [9.17, 15) is 9.59 Å². The summed E-state index contributed by atoms with van der Waals surface area (Å²) >= 11 is 0. The van der Waals surface area contributed by atoms with Crippen molar-refractivity contribution in [1.82, 2.24) is 30.3 Å². The Balaban J connectivity index is 1.33. The minimum absolute atomic E-state index is 0.129. The lowest BCUT2D eigenvalue weighted by Crippen LogP contribution is -2.28. The Morgan fingerprint density at radius 1 is 1.14 bits per heavy atom. The quantitative estimate of drug-likeness (QED) is 0.467. The van der Waals surface area contributed by atoms with Crippen LogP contribution in [0.4, 0.5) is 5.82 Å². The van der Waals surface area contributed by atoms with Gasteiger partial charge in [-0.3, -0.25) is 24.4 Å². The van der Waals surface area contributed by atoms with Crippen molar-refractivity contribution in [1.29, 1.82) is 0 Å². The van der Waals surface area contributed by atoms with Gasteiger partial charge in [0, 0.05) is 49.4 Å². The number of aromatic nitrogens is 5. The van der Waals surface area contributed by atoms with Gasteiger partial charge in [0.2, 0.25) is 5.91 Å². The molecule has 0 bridgehead atoms. The largest absolute Gasteiger partial charge is 0.350 e. The zero-order valence-electron chi connectivity index (χ0n) is 15.7. The number of hydrogen-bond donors (Lipinski definition) is 3. The fourth-order valence-corrected chi connectivity index (χ4v) is 2.96. The van der Waals surface area contributed by atoms with Gasteiger partial charge in [0.25, 0.3) is 5.91 Å². The molecule has 4 aromatic rings. The molecule has 0 aliphatic heterocycles. The number of anilines is 1. The third-order valence-corrected chi connectivity index (χ3v) is 4.45. The number of carbonyl (C=O) groups excluding carboxylic acids is 2. The summed E-state index contributed by atoms with van der Waals surface area (Å²) in [4.78, 5) is 28.6. The lowest BCUT2D eigenvalue weighted by Gasteiger charge is -2.06. The number of aromatic amines is 1. The number of H-pyrrole nitrogens is 1. The number of fused-ring (bicyclic) bond motifs is 1. The van der Waals surface area contributed by atoms with E-state index in [1.165, 1.54) is 0 Å². The van der Waals surface area contributed by atoms with Gasteiger partial charge in [-0.2, -0.15) is 10.2 Å². The molecule has 0 aliphatic carbocycles. The molecule has 3 heterocycles. The molecule has 0 atom stereocenters. The molecule has 0 spiro atoms. The number of hydrogen-bond acceptors (Lipinski definition) is 5. The first kappa shape index (κ1) is 18.4. The Morgan fingerprint density at radius 3 is 2.76 bits per heavy atom. The molecule has 146 valence electrons. The van der Waals surface area contributed by atoms with Crippen LogP contribution in [0, 0.1) is 0 Å². The highest BCUT2D eigenvalue weighted by Crippen LogP contribution is 2.20. The molecule has 9 heteroatoms. The molecular weight excluding hydrogens is 370 g/mol. The number of nitrogens with zero attached hydrogens (tertiary/aromatic N) is 4. The van der Waals surface area contributed by atoms with Crippen LogP contribution in [0.3, 0.4) is 0 Å². The second-order valence-electron chi connectivity index (χ2n) is 6.45. The van der Waals surface area contributed by atoms with Gasteiger partial charge >= 0.3 is 0 Å². The second kappa shape index (κ2) is 7.93. The smallest absolute Gasteiger partial charge is 0.272 e. The number of aryl methyl sites for hydroxylation is 1. The highest BCUT2D eigenvalue weighted by molar-refractivity contribution is 6.04. The minimum atomic E-state index is -0.323. The lowest BCUT2D eigenvalue weighted by atomic mass is 10.2. The Morgan fingerprint density at radius 2 is 1.93 bits per heavy atom. The molecular formula is C20H19N7O2. The molecule has 2 amide bonds. The minimum Gasteiger partial charge on any atom is -0.350 e. The van der Waals surface area contributed by atoms with Crippen molar-refractivity contribution in [2.75, 3.05) is 11.9 Å². The lowest BCUT2D eigenvalue weighted by molar-refractivity contribution is -0.116. The molecule has 0 radical (unpaired) electrons. The van der Waals surface area contributed by atoms with Crippen LogP contribution in [0.25, 0.3) is 22.2 Å². The number of nitrogens with one attached hydrogen (secondary N) is 3. The van der Waals surface area contributed by atoms with E-state index in [1.54, 1.807) is 30.2 Å². The van der Waals surface area contributed by atoms with E-state index in [2.05, 4.69) is 30.9 Å². The van der Waals surface area contributed by atoms with Gasteiger partial charge in [0.15, 0.2) is 5.69 Å². The SMILES string of the molecule is Cn1nc(-c2ccncc2)cc1NC(=O)CCNC(=O)c1n[nH]c2ccccc12. The monoisotopic (exact) mass is 389 g/mol. The van der Waals surface area contributed by atoms with E-state index in [1.807, 2.05) is 36.4 Å². The standard InChI is InChI=1S/C20H19N7O2/c1-27-17(12-16(26-27)13-6-9-21-10-7-13)23-18(28)8-11-22-20(29)19-14-4-2-3-5-15(14)24-25-19/h2-7,9-10,12H,8,11H2,1H3,(H,22,29)(H,23,28)(H,24,25). The first-order chi connectivity index (χ1) is 14.1. The van der Waals surface area contributed by atoms with Gasteiger partial charge in [0.05, 0.1) is 11.2 Å². The van der Waals surface area contributed by atoms with Crippen LogP contribution < -0.4 is 10.6 Å². The number of pyridine rings is 1. The summed E-state index contributed by atoms with van der Waals surface area (Å²) in [6.07, 6.45) is 3.50. The molecule has 0 saturated heterocycles. The van der Waals surface area contributed by atoms with Crippen molar-refractivity contribution in [3.63, 3.8) is 0 Å². The predicted molar refractivity (Wildman–Crippen MR) is 108 cm³/mol. The molecule has 4 rings (SSSR count). The first-order valence-electron chi connectivity index (χ1n) is 9.07. The van der Waals surface area contributed by atoms with Gasteiger partial charge < -0.3 is 10.6 Å². The highest BCUT2D eigenvalue weighted by atomic mass is 16.2. The second-order valence-corrected chi connectivity index (χ2v) is 6.45. The molecule has 3 aromatic heterocycles. The topological polar surface area (TPSA) is 118 Å². The molecule has 0 aliphatic rings. The fourth-order valence-electron chi connectivity index (χ4n) is 2.96. The molecule has 1 aromatic carbocycles. The van der Waals surface area contributed by atoms with E-state index in [4.69, 9.17) is 0 Å². The van der Waals surface area contributed by atoms with Crippen LogP contribution in [0.1, 0.15) is 16.9 Å². The van der Waals surface area contributed by atoms with Crippen molar-refractivity contribution in [2.24, 2.45) is 7.05 Å². The van der Waals surface area contributed by atoms with Crippen LogP contribution in [0.2, 0.25) is 0 Å². The summed E-state index contributed by atoms with van der Waals surface area (Å²) in [5.74, 6) is 0.0312. The Labute approximate surface area is 166 Å². The van der Waals surface area contributed by atoms with Crippen LogP contribution in [0.15, 0.2) is 54.9 Å². The molecule has 3 N–H and O–H groups in total. The van der Waals surface area contributed by atoms with Gasteiger partial charge in [-0.05, 0) is 18.2 Å². The average molecular weight is 389 g/mol. The molecule has 29 heavy (non-hydrogen) atoms. The van der Waals surface area contributed by atoms with Crippen LogP contribution in [-0.2, 0) is 11.8 Å². The maximum Gasteiger partial charge on any atom is 0.272 e. The van der Waals surface area contributed by atoms with Gasteiger partial charge in [-0.1, -0.05) is 18.2 Å². The van der Waals surface area contributed by atoms with Crippen LogP contribution in [0.5, 0.6) is 0 Å². The van der Waals surface area contributed by atoms with Crippen molar-refractivity contribution < 1.29 is 9.59 Å². The molecule has 9 nitrogen and oxygen atoms in total. The van der Waals surface area contributed by atoms with E-state index in [0.29, 0.717) is 11.5 Å². The van der Waals surface area contributed by atoms with Gasteiger partial charge in [-0.15, -0.1) is 0 Å². The third-order valence-electron chi connectivity index (χ3n) is 4.45. The summed E-state index contributed by atoms with van der Waals surface area (Å²) in [6.45, 7) is 0.195.